The fraction of sp³-hybridized carbons (Fsp3) is 0.517. The summed E-state index contributed by atoms with van der Waals surface area (Å²) in [6, 6.07) is 6.01. The highest BCUT2D eigenvalue weighted by atomic mass is 19.4. The summed E-state index contributed by atoms with van der Waals surface area (Å²) in [7, 11) is 0. The van der Waals surface area contributed by atoms with Crippen molar-refractivity contribution in [3.05, 3.63) is 48.6 Å². The maximum Gasteiger partial charge on any atom is 0.451 e. The number of rotatable bonds is 8. The lowest BCUT2D eigenvalue weighted by molar-refractivity contribution is -0.145. The van der Waals surface area contributed by atoms with Gasteiger partial charge in [0.25, 0.3) is 0 Å². The fourth-order valence-electron chi connectivity index (χ4n) is 6.61. The van der Waals surface area contributed by atoms with Crippen LogP contribution in [0.5, 0.6) is 5.88 Å². The summed E-state index contributed by atoms with van der Waals surface area (Å²) < 4.78 is 48.4. The van der Waals surface area contributed by atoms with Crippen LogP contribution in [-0.4, -0.2) is 94.0 Å². The molecule has 2 aliphatic heterocycles. The van der Waals surface area contributed by atoms with Crippen molar-refractivity contribution in [2.45, 2.75) is 68.6 Å². The highest BCUT2D eigenvalue weighted by molar-refractivity contribution is 5.90. The Balaban J connectivity index is 0.981. The highest BCUT2D eigenvalue weighted by Crippen LogP contribution is 2.45. The maximum absolute atomic E-state index is 13.5. The highest BCUT2D eigenvalue weighted by Gasteiger charge is 2.49. The lowest BCUT2D eigenvalue weighted by atomic mass is 9.69. The molecule has 15 heteroatoms. The number of aromatic nitrogens is 7. The minimum Gasteiger partial charge on any atom is -0.474 e. The van der Waals surface area contributed by atoms with Crippen molar-refractivity contribution in [1.82, 2.24) is 44.5 Å². The van der Waals surface area contributed by atoms with Crippen LogP contribution in [-0.2, 0) is 18.3 Å². The van der Waals surface area contributed by atoms with Crippen molar-refractivity contribution in [3.63, 3.8) is 0 Å². The topological polar surface area (TPSA) is 145 Å². The zero-order valence-electron chi connectivity index (χ0n) is 23.8. The van der Waals surface area contributed by atoms with E-state index in [9.17, 15) is 23.5 Å². The van der Waals surface area contributed by atoms with Crippen molar-refractivity contribution in [2.75, 3.05) is 26.2 Å². The molecule has 0 aromatic carbocycles. The number of ether oxygens (including phenoxy) is 1. The van der Waals surface area contributed by atoms with Gasteiger partial charge in [-0.1, -0.05) is 0 Å². The number of nitrogens with one attached hydrogen (secondary N) is 1. The van der Waals surface area contributed by atoms with E-state index >= 15 is 0 Å². The zero-order chi connectivity index (χ0) is 30.5. The third-order valence-electron chi connectivity index (χ3n) is 8.95. The molecule has 6 heterocycles. The number of aromatic amines is 1. The number of alkyl halides is 3. The van der Waals surface area contributed by atoms with Gasteiger partial charge in [0, 0.05) is 68.2 Å². The Morgan fingerprint density at radius 3 is 2.68 bits per heavy atom. The minimum atomic E-state index is -4.69. The molecule has 2 N–H and O–H groups in total. The summed E-state index contributed by atoms with van der Waals surface area (Å²) in [5.41, 5.74) is 2.20. The largest absolute Gasteiger partial charge is 0.474 e. The molecule has 0 atom stereocenters. The van der Waals surface area contributed by atoms with Crippen LogP contribution in [0.15, 0.2) is 37.1 Å². The van der Waals surface area contributed by atoms with Crippen molar-refractivity contribution >= 4 is 11.0 Å². The lowest BCUT2D eigenvalue weighted by Gasteiger charge is -2.52. The van der Waals surface area contributed by atoms with Gasteiger partial charge in [0.1, 0.15) is 18.1 Å². The summed E-state index contributed by atoms with van der Waals surface area (Å²) in [4.78, 5) is 23.4. The van der Waals surface area contributed by atoms with E-state index in [0.717, 1.165) is 48.2 Å². The third-order valence-corrected chi connectivity index (χ3v) is 8.95. The Morgan fingerprint density at radius 1 is 1.16 bits per heavy atom. The molecule has 1 saturated carbocycles. The number of hydrogen-bond acceptors (Lipinski definition) is 10. The van der Waals surface area contributed by atoms with E-state index in [4.69, 9.17) is 4.74 Å². The summed E-state index contributed by atoms with van der Waals surface area (Å²) in [5, 5.41) is 24.7. The average molecular weight is 609 g/mol. The second kappa shape index (κ2) is 11.1. The monoisotopic (exact) mass is 608 g/mol. The van der Waals surface area contributed by atoms with E-state index in [1.54, 1.807) is 6.20 Å². The van der Waals surface area contributed by atoms with Crippen LogP contribution >= 0.6 is 0 Å². The van der Waals surface area contributed by atoms with Gasteiger partial charge in [-0.25, -0.2) is 15.0 Å². The molecule has 4 aromatic heterocycles. The predicted octanol–water partition coefficient (Wildman–Crippen LogP) is 3.12. The molecule has 0 amide bonds. The van der Waals surface area contributed by atoms with Crippen molar-refractivity contribution in [1.29, 1.82) is 5.26 Å². The molecule has 4 aromatic rings. The number of hydrogen-bond donors (Lipinski definition) is 2. The van der Waals surface area contributed by atoms with Gasteiger partial charge in [-0.3, -0.25) is 14.5 Å². The Bertz CT molecular complexity index is 1680. The predicted molar refractivity (Wildman–Crippen MR) is 150 cm³/mol. The van der Waals surface area contributed by atoms with Gasteiger partial charge in [-0.05, 0) is 31.7 Å². The van der Waals surface area contributed by atoms with Crippen LogP contribution in [0.3, 0.4) is 0 Å². The average Bonchev–Trinajstić information content (AvgIpc) is 3.64. The van der Waals surface area contributed by atoms with E-state index in [-0.39, 0.29) is 30.3 Å². The number of halogens is 3. The quantitative estimate of drug-likeness (QED) is 0.306. The molecule has 0 bridgehead atoms. The van der Waals surface area contributed by atoms with Gasteiger partial charge >= 0.3 is 6.18 Å². The first-order valence-corrected chi connectivity index (χ1v) is 14.7. The summed E-state index contributed by atoms with van der Waals surface area (Å²) in [6.45, 7) is 2.45. The van der Waals surface area contributed by atoms with E-state index in [1.807, 2.05) is 28.0 Å². The number of nitrogens with zero attached hydrogens (tertiary/aromatic N) is 9. The Labute approximate surface area is 250 Å². The number of aliphatic hydroxyl groups excluding tert-OH is 1. The number of piperidine rings is 1. The zero-order valence-corrected chi connectivity index (χ0v) is 23.8. The van der Waals surface area contributed by atoms with Crippen LogP contribution in [0.4, 0.5) is 13.2 Å². The molecule has 3 fully saturated rings. The van der Waals surface area contributed by atoms with E-state index < -0.39 is 23.6 Å². The van der Waals surface area contributed by atoms with Gasteiger partial charge < -0.3 is 14.8 Å². The first-order chi connectivity index (χ1) is 21.2. The third kappa shape index (κ3) is 5.49. The molecule has 12 nitrogen and oxygen atoms in total. The number of fused-ring (bicyclic) bond motifs is 1. The number of β-amino-alcohol motifs (C(OH)–C–C–N with tert-alkyl or cyclic N) is 1. The van der Waals surface area contributed by atoms with E-state index in [1.165, 1.54) is 12.4 Å². The normalized spacial score (nSPS) is 23.8. The molecule has 2 saturated heterocycles. The fourth-order valence-corrected chi connectivity index (χ4v) is 6.61. The number of aliphatic hydroxyl groups is 1. The molecule has 7 rings (SSSR count). The Kier molecular flexibility index (Phi) is 7.22. The summed E-state index contributed by atoms with van der Waals surface area (Å²) in [5.74, 6) is -1.29. The molecular formula is C29H31F3N10O2. The number of likely N-dealkylation sites (tertiary alicyclic amines) is 2. The Morgan fingerprint density at radius 2 is 1.95 bits per heavy atom. The van der Waals surface area contributed by atoms with Gasteiger partial charge in [0.15, 0.2) is 0 Å². The Hall–Kier alpha value is -4.13. The van der Waals surface area contributed by atoms with Gasteiger partial charge in [0.2, 0.25) is 11.7 Å². The summed E-state index contributed by atoms with van der Waals surface area (Å²) >= 11 is 0. The van der Waals surface area contributed by atoms with Crippen LogP contribution in [0.2, 0.25) is 0 Å². The lowest BCUT2D eigenvalue weighted by Crippen LogP contribution is -2.58. The van der Waals surface area contributed by atoms with Crippen molar-refractivity contribution in [3.8, 4) is 23.2 Å². The van der Waals surface area contributed by atoms with E-state index in [0.29, 0.717) is 32.4 Å². The first-order valence-electron chi connectivity index (χ1n) is 14.7. The second-order valence-corrected chi connectivity index (χ2v) is 12.0. The van der Waals surface area contributed by atoms with Crippen LogP contribution < -0.4 is 4.74 Å². The molecule has 0 radical (unpaired) electrons. The van der Waals surface area contributed by atoms with Gasteiger partial charge in [-0.2, -0.15) is 28.5 Å². The maximum atomic E-state index is 13.5. The summed E-state index contributed by atoms with van der Waals surface area (Å²) in [6.07, 6.45) is 4.82. The molecule has 230 valence electrons. The molecule has 3 aliphatic rings. The molecular weight excluding hydrogens is 577 g/mol. The minimum absolute atomic E-state index is 0.0754. The second-order valence-electron chi connectivity index (χ2n) is 12.0. The number of H-pyrrole nitrogens is 1. The van der Waals surface area contributed by atoms with Crippen molar-refractivity contribution in [2.24, 2.45) is 0 Å². The van der Waals surface area contributed by atoms with Gasteiger partial charge in [0.05, 0.1) is 41.7 Å². The van der Waals surface area contributed by atoms with Crippen LogP contribution in [0, 0.1) is 11.3 Å². The molecule has 1 aliphatic carbocycles. The van der Waals surface area contributed by atoms with Crippen LogP contribution in [0.25, 0.3) is 22.3 Å². The SMILES string of the molecule is N#CCC1(n2cc(-c3ncnc4[nH]ccc34)cn2)CC(N2CCC(Oc3cc(CN4CC(O)C4)nc(C(F)(F)F)n3)CC2)C1. The van der Waals surface area contributed by atoms with Crippen LogP contribution in [0.1, 0.15) is 43.6 Å². The smallest absolute Gasteiger partial charge is 0.451 e. The molecule has 0 unspecified atom stereocenters. The standard InChI is InChI=1S/C29H31F3N10O2/c30-29(31,32)27-38-19(14-40-15-21(43)16-40)9-24(39-27)44-22-2-7-41(8-3-22)20-10-28(11-20,4-5-33)42-13-18(12-37-42)25-23-1-6-34-26(23)36-17-35-25/h1,6,9,12-13,17,20-22,43H,2-4,7-8,10-11,14-16H2,(H,34,35,36). The molecule has 0 spiro atoms. The molecule has 44 heavy (non-hydrogen) atoms. The first kappa shape index (κ1) is 28.6. The van der Waals surface area contributed by atoms with Gasteiger partial charge in [-0.15, -0.1) is 0 Å². The van der Waals surface area contributed by atoms with Crippen molar-refractivity contribution < 1.29 is 23.0 Å². The van der Waals surface area contributed by atoms with E-state index in [2.05, 4.69) is 41.0 Å². The number of nitriles is 1.